The molecule has 0 amide bonds. The van der Waals surface area contributed by atoms with Crippen LogP contribution in [-0.2, 0) is 26.6 Å². The third kappa shape index (κ3) is 12.5. The van der Waals surface area contributed by atoms with Crippen molar-refractivity contribution >= 4 is 17.6 Å². The molecule has 26 heavy (non-hydrogen) atoms. The fourth-order valence-electron chi connectivity index (χ4n) is 2.29. The van der Waals surface area contributed by atoms with Gasteiger partial charge in [-0.2, -0.15) is 0 Å². The van der Waals surface area contributed by atoms with E-state index in [1.807, 2.05) is 0 Å². The number of nitrogens with one attached hydrogen (secondary N) is 1. The predicted octanol–water partition coefficient (Wildman–Crippen LogP) is 1.86. The smallest absolute Gasteiger partial charge is 0.377 e. The Kier molecular flexibility index (Phi) is 20.1. The first-order valence-corrected chi connectivity index (χ1v) is 13.1. The van der Waals surface area contributed by atoms with E-state index in [0.29, 0.717) is 6.54 Å². The molecule has 0 aromatic carbocycles. The van der Waals surface area contributed by atoms with Crippen LogP contribution >= 0.6 is 0 Å². The third-order valence-corrected chi connectivity index (χ3v) is 9.76. The summed E-state index contributed by atoms with van der Waals surface area (Å²) in [7, 11) is 5.15. The van der Waals surface area contributed by atoms with Crippen LogP contribution in [0.3, 0.4) is 0 Å². The molecule has 3 N–H and O–H groups in total. The topological polar surface area (TPSA) is 93.4 Å². The van der Waals surface area contributed by atoms with Gasteiger partial charge in [-0.25, -0.2) is 0 Å². The molecule has 0 saturated heterocycles. The summed E-state index contributed by atoms with van der Waals surface area (Å²) in [6, 6.07) is 1.66. The fraction of sp³-hybridized carbons (Fsp3) is 1.00. The van der Waals surface area contributed by atoms with Gasteiger partial charge in [0.1, 0.15) is 0 Å². The summed E-state index contributed by atoms with van der Waals surface area (Å²) in [4.78, 5) is 0. The summed E-state index contributed by atoms with van der Waals surface area (Å²) < 4.78 is 31.5. The van der Waals surface area contributed by atoms with Crippen LogP contribution < -0.4 is 11.1 Å². The fourth-order valence-corrected chi connectivity index (χ4v) is 5.76. The minimum atomic E-state index is -2.33. The quantitative estimate of drug-likeness (QED) is 0.292. The van der Waals surface area contributed by atoms with E-state index in [1.54, 1.807) is 42.7 Å². The van der Waals surface area contributed by atoms with Crippen LogP contribution in [0, 0.1) is 0 Å². The summed E-state index contributed by atoms with van der Waals surface area (Å²) >= 11 is 0. The molecule has 0 aliphatic rings. The SMILES string of the molecule is CCCCNCCC[Si](OC)(OC)OC.CO[Si](CCCN)(OC)OC. The third-order valence-electron chi connectivity index (χ3n) is 4.10. The van der Waals surface area contributed by atoms with Crippen LogP contribution in [0.1, 0.15) is 32.6 Å². The van der Waals surface area contributed by atoms with Gasteiger partial charge in [0, 0.05) is 54.7 Å². The molecule has 0 aliphatic heterocycles. The van der Waals surface area contributed by atoms with E-state index in [2.05, 4.69) is 12.2 Å². The molecule has 0 saturated carbocycles. The highest BCUT2D eigenvalue weighted by atomic mass is 28.4. The van der Waals surface area contributed by atoms with Crippen molar-refractivity contribution in [1.29, 1.82) is 0 Å². The summed E-state index contributed by atoms with van der Waals surface area (Å²) in [5.41, 5.74) is 5.36. The lowest BCUT2D eigenvalue weighted by Gasteiger charge is -2.24. The highest BCUT2D eigenvalue weighted by Crippen LogP contribution is 2.14. The zero-order valence-corrected chi connectivity index (χ0v) is 19.9. The minimum absolute atomic E-state index is 0.644. The molecule has 0 aromatic heterocycles. The molecule has 0 radical (unpaired) electrons. The van der Waals surface area contributed by atoms with E-state index in [9.17, 15) is 0 Å². The van der Waals surface area contributed by atoms with Crippen molar-refractivity contribution in [3.05, 3.63) is 0 Å². The molecule has 8 nitrogen and oxygen atoms in total. The molecular weight excluding hydrogens is 372 g/mol. The van der Waals surface area contributed by atoms with Gasteiger partial charge in [-0.05, 0) is 38.9 Å². The lowest BCUT2D eigenvalue weighted by atomic mass is 10.3. The molecule has 0 bridgehead atoms. The zero-order chi connectivity index (χ0) is 20.3. The zero-order valence-electron chi connectivity index (χ0n) is 17.9. The van der Waals surface area contributed by atoms with Gasteiger partial charge in [-0.15, -0.1) is 0 Å². The molecule has 0 aliphatic carbocycles. The molecule has 0 unspecified atom stereocenters. The molecule has 160 valence electrons. The number of hydrogen-bond acceptors (Lipinski definition) is 8. The second kappa shape index (κ2) is 18.5. The van der Waals surface area contributed by atoms with Gasteiger partial charge >= 0.3 is 17.6 Å². The molecule has 10 heteroatoms. The monoisotopic (exact) mass is 414 g/mol. The van der Waals surface area contributed by atoms with E-state index in [0.717, 1.165) is 38.0 Å². The average Bonchev–Trinajstić information content (AvgIpc) is 2.70. The van der Waals surface area contributed by atoms with E-state index in [-0.39, 0.29) is 0 Å². The molecule has 0 aromatic rings. The minimum Gasteiger partial charge on any atom is -0.377 e. The summed E-state index contributed by atoms with van der Waals surface area (Å²) in [5.74, 6) is 0. The van der Waals surface area contributed by atoms with E-state index < -0.39 is 17.6 Å². The number of nitrogens with two attached hydrogens (primary N) is 1. The number of rotatable bonds is 16. The van der Waals surface area contributed by atoms with Crippen molar-refractivity contribution in [2.45, 2.75) is 44.7 Å². The Labute approximate surface area is 162 Å². The van der Waals surface area contributed by atoms with Gasteiger partial charge < -0.3 is 37.6 Å². The lowest BCUT2D eigenvalue weighted by Crippen LogP contribution is -2.43. The van der Waals surface area contributed by atoms with Gasteiger partial charge in [0.25, 0.3) is 0 Å². The standard InChI is InChI=1S/C10H25NO3Si.C6H17NO3Si/c1-5-6-8-11-9-7-10-15(12-2,13-3)14-4;1-8-11(9-2,10-3)6-4-5-7/h11H,5-10H2,1-4H3;4-7H2,1-3H3. The van der Waals surface area contributed by atoms with Crippen molar-refractivity contribution in [3.63, 3.8) is 0 Å². The normalized spacial score (nSPS) is 12.0. The average molecular weight is 415 g/mol. The first kappa shape index (κ1) is 28.3. The maximum atomic E-state index is 5.36. The molecule has 0 spiro atoms. The first-order valence-electron chi connectivity index (χ1n) is 9.20. The number of hydrogen-bond donors (Lipinski definition) is 2. The Morgan fingerprint density at radius 2 is 1.04 bits per heavy atom. The van der Waals surface area contributed by atoms with Crippen molar-refractivity contribution in [2.75, 3.05) is 62.3 Å². The van der Waals surface area contributed by atoms with Crippen LogP contribution in [0.2, 0.25) is 12.1 Å². The van der Waals surface area contributed by atoms with Crippen molar-refractivity contribution in [1.82, 2.24) is 5.32 Å². The highest BCUT2D eigenvalue weighted by molar-refractivity contribution is 6.60. The molecule has 0 atom stereocenters. The van der Waals surface area contributed by atoms with E-state index in [1.165, 1.54) is 12.8 Å². The molecule has 0 rings (SSSR count). The molecule has 0 fully saturated rings. The predicted molar refractivity (Wildman–Crippen MR) is 109 cm³/mol. The first-order chi connectivity index (χ1) is 12.5. The van der Waals surface area contributed by atoms with Crippen LogP contribution in [0.25, 0.3) is 0 Å². The van der Waals surface area contributed by atoms with Crippen molar-refractivity contribution < 1.29 is 26.6 Å². The van der Waals surface area contributed by atoms with Crippen molar-refractivity contribution in [2.24, 2.45) is 5.73 Å². The van der Waals surface area contributed by atoms with Crippen molar-refractivity contribution in [3.8, 4) is 0 Å². The molecule has 0 heterocycles. The summed E-state index contributed by atoms with van der Waals surface area (Å²) in [6.07, 6.45) is 4.38. The van der Waals surface area contributed by atoms with E-state index in [4.69, 9.17) is 32.3 Å². The van der Waals surface area contributed by atoms with Gasteiger partial charge in [0.05, 0.1) is 0 Å². The van der Waals surface area contributed by atoms with Crippen LogP contribution in [0.4, 0.5) is 0 Å². The van der Waals surface area contributed by atoms with Gasteiger partial charge in [0.2, 0.25) is 0 Å². The maximum absolute atomic E-state index is 5.36. The summed E-state index contributed by atoms with van der Waals surface area (Å²) in [6.45, 7) is 4.94. The maximum Gasteiger partial charge on any atom is 0.500 e. The second-order valence-electron chi connectivity index (χ2n) is 5.69. The lowest BCUT2D eigenvalue weighted by molar-refractivity contribution is 0.122. The van der Waals surface area contributed by atoms with Crippen LogP contribution in [-0.4, -0.2) is 79.9 Å². The second-order valence-corrected chi connectivity index (χ2v) is 11.9. The van der Waals surface area contributed by atoms with Crippen LogP contribution in [0.5, 0.6) is 0 Å². The summed E-state index contributed by atoms with van der Waals surface area (Å²) in [5, 5.41) is 3.39. The Balaban J connectivity index is 0. The van der Waals surface area contributed by atoms with Gasteiger partial charge in [-0.3, -0.25) is 0 Å². The largest absolute Gasteiger partial charge is 0.500 e. The van der Waals surface area contributed by atoms with Crippen LogP contribution in [0.15, 0.2) is 0 Å². The highest BCUT2D eigenvalue weighted by Gasteiger charge is 2.37. The van der Waals surface area contributed by atoms with E-state index >= 15 is 0 Å². The Morgan fingerprint density at radius 3 is 1.38 bits per heavy atom. The van der Waals surface area contributed by atoms with Gasteiger partial charge in [-0.1, -0.05) is 13.3 Å². The van der Waals surface area contributed by atoms with Gasteiger partial charge in [0.15, 0.2) is 0 Å². The Morgan fingerprint density at radius 1 is 0.654 bits per heavy atom. The number of unbranched alkanes of at least 4 members (excludes halogenated alkanes) is 1. The Bertz CT molecular complexity index is 279. The molecular formula is C16H42N2O6Si2. The Hall–Kier alpha value is 0.114.